The molecule has 0 fully saturated rings. The van der Waals surface area contributed by atoms with Gasteiger partial charge in [-0.05, 0) is 61.0 Å². The summed E-state index contributed by atoms with van der Waals surface area (Å²) in [6.45, 7) is 1.89. The van der Waals surface area contributed by atoms with Crippen LogP contribution in [0.4, 0.5) is 19.3 Å². The lowest BCUT2D eigenvalue weighted by molar-refractivity contribution is 0.0959. The first-order chi connectivity index (χ1) is 13.9. The molecule has 2 aromatic carbocycles. The maximum Gasteiger partial charge on any atom is 0.326 e. The molecular formula is C21H17F2N3O3. The van der Waals surface area contributed by atoms with E-state index in [2.05, 4.69) is 10.3 Å². The summed E-state index contributed by atoms with van der Waals surface area (Å²) < 4.78 is 33.0. The van der Waals surface area contributed by atoms with Crippen molar-refractivity contribution in [2.45, 2.75) is 13.0 Å². The van der Waals surface area contributed by atoms with Gasteiger partial charge < -0.3 is 10.1 Å². The smallest absolute Gasteiger partial charge is 0.326 e. The Kier molecular flexibility index (Phi) is 6.13. The summed E-state index contributed by atoms with van der Waals surface area (Å²) in [5.41, 5.74) is 0.505. The number of ether oxygens (including phenoxy) is 1. The van der Waals surface area contributed by atoms with E-state index >= 15 is 0 Å². The number of nitrogens with zero attached hydrogens (tertiary/aromatic N) is 1. The van der Waals surface area contributed by atoms with Gasteiger partial charge in [-0.3, -0.25) is 15.1 Å². The molecule has 0 aliphatic rings. The Morgan fingerprint density at radius 3 is 2.21 bits per heavy atom. The van der Waals surface area contributed by atoms with Gasteiger partial charge in [0, 0.05) is 18.1 Å². The van der Waals surface area contributed by atoms with Crippen LogP contribution in [0.1, 0.15) is 28.9 Å². The Hall–Kier alpha value is -3.81. The Balaban J connectivity index is 1.58. The van der Waals surface area contributed by atoms with Gasteiger partial charge in [0.1, 0.15) is 29.1 Å². The van der Waals surface area contributed by atoms with E-state index in [1.54, 1.807) is 36.7 Å². The Morgan fingerprint density at radius 1 is 0.966 bits per heavy atom. The first kappa shape index (κ1) is 19.9. The van der Waals surface area contributed by atoms with E-state index < -0.39 is 29.1 Å². The van der Waals surface area contributed by atoms with E-state index in [9.17, 15) is 18.4 Å². The summed E-state index contributed by atoms with van der Waals surface area (Å²) in [5, 5.41) is 4.30. The van der Waals surface area contributed by atoms with E-state index in [0.29, 0.717) is 11.4 Å². The summed E-state index contributed by atoms with van der Waals surface area (Å²) in [7, 11) is 0. The minimum absolute atomic E-state index is 0.201. The number of hydrogen-bond donors (Lipinski definition) is 2. The molecule has 1 atom stereocenters. The standard InChI is InChI=1S/C21H17F2N3O3/c1-13(14-9-11-24-12-10-14)29-16-7-5-15(6-8-16)25-21(28)26-20(27)19-17(22)3-2-4-18(19)23/h2-13H,1H3,(H2,25,26,27,28). The van der Waals surface area contributed by atoms with Crippen molar-refractivity contribution in [1.29, 1.82) is 0 Å². The van der Waals surface area contributed by atoms with Crippen molar-refractivity contribution in [2.24, 2.45) is 0 Å². The van der Waals surface area contributed by atoms with Gasteiger partial charge in [0.15, 0.2) is 0 Å². The molecule has 0 aliphatic carbocycles. The fourth-order valence-corrected chi connectivity index (χ4v) is 2.57. The van der Waals surface area contributed by atoms with Crippen LogP contribution in [0, 0.1) is 11.6 Å². The molecule has 1 unspecified atom stereocenters. The van der Waals surface area contributed by atoms with Crippen molar-refractivity contribution >= 4 is 17.6 Å². The van der Waals surface area contributed by atoms with Gasteiger partial charge >= 0.3 is 6.03 Å². The lowest BCUT2D eigenvalue weighted by Crippen LogP contribution is -2.35. The van der Waals surface area contributed by atoms with Crippen LogP contribution >= 0.6 is 0 Å². The van der Waals surface area contributed by atoms with Crippen LogP contribution in [-0.2, 0) is 0 Å². The largest absolute Gasteiger partial charge is 0.486 e. The Bertz CT molecular complexity index is 991. The number of anilines is 1. The van der Waals surface area contributed by atoms with E-state index in [1.165, 1.54) is 0 Å². The lowest BCUT2D eigenvalue weighted by Gasteiger charge is -2.15. The highest BCUT2D eigenvalue weighted by atomic mass is 19.1. The molecule has 0 aliphatic heterocycles. The van der Waals surface area contributed by atoms with Crippen LogP contribution in [0.25, 0.3) is 0 Å². The number of pyridine rings is 1. The summed E-state index contributed by atoms with van der Waals surface area (Å²) >= 11 is 0. The predicted molar refractivity (Wildman–Crippen MR) is 103 cm³/mol. The monoisotopic (exact) mass is 397 g/mol. The summed E-state index contributed by atoms with van der Waals surface area (Å²) in [6.07, 6.45) is 3.15. The molecule has 0 saturated carbocycles. The van der Waals surface area contributed by atoms with Crippen LogP contribution < -0.4 is 15.4 Å². The van der Waals surface area contributed by atoms with Gasteiger partial charge in [-0.2, -0.15) is 0 Å². The summed E-state index contributed by atoms with van der Waals surface area (Å²) in [4.78, 5) is 27.8. The molecule has 29 heavy (non-hydrogen) atoms. The number of imide groups is 1. The fourth-order valence-electron chi connectivity index (χ4n) is 2.57. The molecule has 1 aromatic heterocycles. The van der Waals surface area contributed by atoms with Crippen molar-refractivity contribution in [3.63, 3.8) is 0 Å². The van der Waals surface area contributed by atoms with E-state index in [1.807, 2.05) is 24.4 Å². The highest BCUT2D eigenvalue weighted by Crippen LogP contribution is 2.23. The minimum Gasteiger partial charge on any atom is -0.486 e. The topological polar surface area (TPSA) is 80.3 Å². The summed E-state index contributed by atoms with van der Waals surface area (Å²) in [6, 6.07) is 12.2. The van der Waals surface area contributed by atoms with Gasteiger partial charge in [-0.1, -0.05) is 6.07 Å². The first-order valence-corrected chi connectivity index (χ1v) is 8.67. The molecular weight excluding hydrogens is 380 g/mol. The van der Waals surface area contributed by atoms with Crippen LogP contribution in [0.15, 0.2) is 67.0 Å². The number of halogens is 2. The average molecular weight is 397 g/mol. The zero-order chi connectivity index (χ0) is 20.8. The number of benzene rings is 2. The number of amides is 3. The van der Waals surface area contributed by atoms with Crippen molar-refractivity contribution in [1.82, 2.24) is 10.3 Å². The maximum absolute atomic E-state index is 13.6. The Labute approximate surface area is 165 Å². The zero-order valence-electron chi connectivity index (χ0n) is 15.4. The zero-order valence-corrected chi connectivity index (χ0v) is 15.4. The molecule has 6 nitrogen and oxygen atoms in total. The van der Waals surface area contributed by atoms with Gasteiger partial charge in [-0.15, -0.1) is 0 Å². The first-order valence-electron chi connectivity index (χ1n) is 8.67. The number of urea groups is 1. The number of hydrogen-bond acceptors (Lipinski definition) is 4. The predicted octanol–water partition coefficient (Wildman–Crippen LogP) is 4.46. The van der Waals surface area contributed by atoms with Crippen LogP contribution in [0.2, 0.25) is 0 Å². The van der Waals surface area contributed by atoms with Gasteiger partial charge in [-0.25, -0.2) is 13.6 Å². The van der Waals surface area contributed by atoms with Gasteiger partial charge in [0.25, 0.3) is 5.91 Å². The van der Waals surface area contributed by atoms with Gasteiger partial charge in [0.05, 0.1) is 0 Å². The second-order valence-corrected chi connectivity index (χ2v) is 6.07. The Morgan fingerprint density at radius 2 is 1.59 bits per heavy atom. The molecule has 2 N–H and O–H groups in total. The molecule has 0 saturated heterocycles. The quantitative estimate of drug-likeness (QED) is 0.666. The third kappa shape index (κ3) is 5.13. The number of rotatable bonds is 5. The molecule has 3 rings (SSSR count). The number of aromatic nitrogens is 1. The molecule has 3 aromatic rings. The van der Waals surface area contributed by atoms with Gasteiger partial charge in [0.2, 0.25) is 0 Å². The van der Waals surface area contributed by atoms with Crippen molar-refractivity contribution in [3.05, 3.63) is 89.8 Å². The molecule has 3 amide bonds. The van der Waals surface area contributed by atoms with Crippen molar-refractivity contribution < 1.29 is 23.1 Å². The molecule has 0 bridgehead atoms. The molecule has 1 heterocycles. The lowest BCUT2D eigenvalue weighted by atomic mass is 10.2. The molecule has 8 heteroatoms. The molecule has 0 radical (unpaired) electrons. The maximum atomic E-state index is 13.6. The van der Waals surface area contributed by atoms with Crippen LogP contribution in [0.3, 0.4) is 0 Å². The second kappa shape index (κ2) is 8.92. The third-order valence-corrected chi connectivity index (χ3v) is 4.02. The minimum atomic E-state index is -1.18. The number of nitrogens with one attached hydrogen (secondary N) is 2. The van der Waals surface area contributed by atoms with Crippen molar-refractivity contribution in [2.75, 3.05) is 5.32 Å². The van der Waals surface area contributed by atoms with E-state index in [-0.39, 0.29) is 6.10 Å². The SMILES string of the molecule is CC(Oc1ccc(NC(=O)NC(=O)c2c(F)cccc2F)cc1)c1ccncc1. The van der Waals surface area contributed by atoms with E-state index in [0.717, 1.165) is 23.8 Å². The fraction of sp³-hybridized carbons (Fsp3) is 0.0952. The second-order valence-electron chi connectivity index (χ2n) is 6.07. The number of carbonyl (C=O) groups excluding carboxylic acids is 2. The van der Waals surface area contributed by atoms with Crippen LogP contribution in [-0.4, -0.2) is 16.9 Å². The number of carbonyl (C=O) groups is 2. The third-order valence-electron chi connectivity index (χ3n) is 4.02. The highest BCUT2D eigenvalue weighted by Gasteiger charge is 2.19. The van der Waals surface area contributed by atoms with E-state index in [4.69, 9.17) is 4.74 Å². The average Bonchev–Trinajstić information content (AvgIpc) is 2.70. The highest BCUT2D eigenvalue weighted by molar-refractivity contribution is 6.08. The molecule has 148 valence electrons. The molecule has 0 spiro atoms. The van der Waals surface area contributed by atoms with Crippen molar-refractivity contribution in [3.8, 4) is 5.75 Å². The summed E-state index contributed by atoms with van der Waals surface area (Å²) in [5.74, 6) is -2.71. The van der Waals surface area contributed by atoms with Crippen LogP contribution in [0.5, 0.6) is 5.75 Å². The normalized spacial score (nSPS) is 11.4.